The Labute approximate surface area is 131 Å². The highest BCUT2D eigenvalue weighted by Crippen LogP contribution is 2.38. The van der Waals surface area contributed by atoms with Gasteiger partial charge in [-0.2, -0.15) is 13.2 Å². The van der Waals surface area contributed by atoms with Crippen LogP contribution in [0.1, 0.15) is 26.3 Å². The van der Waals surface area contributed by atoms with E-state index in [0.717, 1.165) is 6.54 Å². The van der Waals surface area contributed by atoms with Gasteiger partial charge in [0.25, 0.3) is 0 Å². The van der Waals surface area contributed by atoms with Gasteiger partial charge in [-0.05, 0) is 31.0 Å². The van der Waals surface area contributed by atoms with Crippen LogP contribution in [0.3, 0.4) is 0 Å². The zero-order chi connectivity index (χ0) is 15.8. The van der Waals surface area contributed by atoms with Crippen LogP contribution in [-0.2, 0) is 6.18 Å². The van der Waals surface area contributed by atoms with Gasteiger partial charge >= 0.3 is 6.18 Å². The number of nitrogens with zero attached hydrogens (tertiary/aromatic N) is 1. The van der Waals surface area contributed by atoms with Crippen LogP contribution in [0.2, 0.25) is 0 Å². The van der Waals surface area contributed by atoms with Crippen LogP contribution in [0.4, 0.5) is 18.9 Å². The van der Waals surface area contributed by atoms with E-state index in [4.69, 9.17) is 0 Å². The van der Waals surface area contributed by atoms with E-state index in [1.165, 1.54) is 12.1 Å². The second-order valence-corrected chi connectivity index (χ2v) is 6.79. The van der Waals surface area contributed by atoms with E-state index >= 15 is 0 Å². The van der Waals surface area contributed by atoms with Crippen LogP contribution >= 0.6 is 15.9 Å². The minimum atomic E-state index is -4.35. The quantitative estimate of drug-likeness (QED) is 0.841. The van der Waals surface area contributed by atoms with Crippen LogP contribution in [-0.4, -0.2) is 25.2 Å². The van der Waals surface area contributed by atoms with Crippen molar-refractivity contribution in [2.75, 3.05) is 18.0 Å². The predicted octanol–water partition coefficient (Wildman–Crippen LogP) is 4.29. The molecule has 2 atom stereocenters. The third-order valence-electron chi connectivity index (χ3n) is 3.90. The molecule has 0 aliphatic carbocycles. The van der Waals surface area contributed by atoms with Gasteiger partial charge in [0, 0.05) is 35.3 Å². The van der Waals surface area contributed by atoms with Gasteiger partial charge in [-0.25, -0.2) is 0 Å². The molecule has 0 saturated carbocycles. The number of alkyl halides is 3. The number of anilines is 1. The lowest BCUT2D eigenvalue weighted by atomic mass is 9.97. The summed E-state index contributed by atoms with van der Waals surface area (Å²) in [4.78, 5) is 2.09. The molecule has 1 aromatic rings. The van der Waals surface area contributed by atoms with E-state index < -0.39 is 11.7 Å². The second kappa shape index (κ2) is 6.16. The summed E-state index contributed by atoms with van der Waals surface area (Å²) in [5, 5.41) is 3.40. The lowest BCUT2D eigenvalue weighted by Crippen LogP contribution is -2.57. The lowest BCUT2D eigenvalue weighted by molar-refractivity contribution is -0.138. The Hall–Kier alpha value is -0.750. The summed E-state index contributed by atoms with van der Waals surface area (Å²) < 4.78 is 39.3. The van der Waals surface area contributed by atoms with E-state index in [1.54, 1.807) is 6.07 Å². The molecule has 2 unspecified atom stereocenters. The largest absolute Gasteiger partial charge is 0.417 e. The van der Waals surface area contributed by atoms with Gasteiger partial charge in [-0.1, -0.05) is 29.8 Å². The van der Waals surface area contributed by atoms with Crippen molar-refractivity contribution in [2.24, 2.45) is 5.92 Å². The van der Waals surface area contributed by atoms with Crippen LogP contribution in [0, 0.1) is 5.92 Å². The Morgan fingerprint density at radius 1 is 1.33 bits per heavy atom. The molecule has 0 aromatic heterocycles. The Kier molecular flexibility index (Phi) is 4.88. The zero-order valence-electron chi connectivity index (χ0n) is 12.3. The second-order valence-electron chi connectivity index (χ2n) is 5.93. The van der Waals surface area contributed by atoms with E-state index in [2.05, 4.69) is 40.0 Å². The first-order valence-electron chi connectivity index (χ1n) is 7.07. The molecule has 21 heavy (non-hydrogen) atoms. The molecular formula is C15H20BrF3N2. The van der Waals surface area contributed by atoms with E-state index in [0.29, 0.717) is 18.2 Å². The number of nitrogens with one attached hydrogen (secondary N) is 1. The smallest absolute Gasteiger partial charge is 0.365 e. The third-order valence-corrected chi connectivity index (χ3v) is 4.59. The molecule has 1 aliphatic heterocycles. The molecule has 0 radical (unpaired) electrons. The summed E-state index contributed by atoms with van der Waals surface area (Å²) in [6.45, 7) is 7.74. The monoisotopic (exact) mass is 364 g/mol. The van der Waals surface area contributed by atoms with Gasteiger partial charge < -0.3 is 10.2 Å². The zero-order valence-corrected chi connectivity index (χ0v) is 13.9. The van der Waals surface area contributed by atoms with Crippen LogP contribution in [0.25, 0.3) is 0 Å². The molecule has 0 amide bonds. The Morgan fingerprint density at radius 2 is 2.00 bits per heavy atom. The lowest BCUT2D eigenvalue weighted by Gasteiger charge is -2.43. The van der Waals surface area contributed by atoms with E-state index in [1.807, 2.05) is 6.92 Å². The predicted molar refractivity (Wildman–Crippen MR) is 82.6 cm³/mol. The van der Waals surface area contributed by atoms with Crippen molar-refractivity contribution in [3.8, 4) is 0 Å². The number of hydrogen-bond acceptors (Lipinski definition) is 2. The van der Waals surface area contributed by atoms with E-state index in [9.17, 15) is 13.2 Å². The fraction of sp³-hybridized carbons (Fsp3) is 0.600. The fourth-order valence-electron chi connectivity index (χ4n) is 2.73. The topological polar surface area (TPSA) is 15.3 Å². The van der Waals surface area contributed by atoms with Crippen molar-refractivity contribution >= 4 is 21.6 Å². The van der Waals surface area contributed by atoms with E-state index in [-0.39, 0.29) is 16.6 Å². The fourth-order valence-corrected chi connectivity index (χ4v) is 3.20. The van der Waals surface area contributed by atoms with Crippen molar-refractivity contribution in [2.45, 2.75) is 39.0 Å². The molecule has 0 bridgehead atoms. The number of benzene rings is 1. The maximum Gasteiger partial charge on any atom is 0.417 e. The van der Waals surface area contributed by atoms with Crippen LogP contribution in [0.5, 0.6) is 0 Å². The molecule has 1 heterocycles. The summed E-state index contributed by atoms with van der Waals surface area (Å²) in [5.74, 6) is 0.364. The highest BCUT2D eigenvalue weighted by atomic mass is 79.9. The van der Waals surface area contributed by atoms with Crippen LogP contribution < -0.4 is 10.2 Å². The number of halogens is 4. The van der Waals surface area contributed by atoms with Gasteiger partial charge in [-0.15, -0.1) is 0 Å². The molecule has 1 fully saturated rings. The summed E-state index contributed by atoms with van der Waals surface area (Å²) in [6.07, 6.45) is -4.35. The maximum absolute atomic E-state index is 13.1. The van der Waals surface area contributed by atoms with Crippen molar-refractivity contribution < 1.29 is 13.2 Å². The van der Waals surface area contributed by atoms with Crippen molar-refractivity contribution in [1.29, 1.82) is 0 Å². The average Bonchev–Trinajstić information content (AvgIpc) is 2.37. The standard InChI is InChI=1S/C15H20BrF3N2/c1-9(2)14-7-20-10(3)8-21(14)11-4-5-13(16)12(6-11)15(17,18)19/h4-6,9-10,14,20H,7-8H2,1-3H3. The summed E-state index contributed by atoms with van der Waals surface area (Å²) in [7, 11) is 0. The molecule has 1 aromatic carbocycles. The third kappa shape index (κ3) is 3.72. The molecular weight excluding hydrogens is 345 g/mol. The first kappa shape index (κ1) is 16.6. The molecule has 1 saturated heterocycles. The minimum absolute atomic E-state index is 0.0861. The summed E-state index contributed by atoms with van der Waals surface area (Å²) in [5.41, 5.74) is 0.0197. The molecule has 2 nitrogen and oxygen atoms in total. The first-order chi connectivity index (χ1) is 9.70. The van der Waals surface area contributed by atoms with Gasteiger partial charge in [0.05, 0.1) is 5.56 Å². The molecule has 0 spiro atoms. The van der Waals surface area contributed by atoms with Crippen molar-refractivity contribution in [1.82, 2.24) is 5.32 Å². The number of piperazine rings is 1. The first-order valence-corrected chi connectivity index (χ1v) is 7.86. The molecule has 1 aliphatic rings. The maximum atomic E-state index is 13.1. The van der Waals surface area contributed by atoms with Gasteiger partial charge in [0.1, 0.15) is 0 Å². The highest BCUT2D eigenvalue weighted by Gasteiger charge is 2.35. The molecule has 6 heteroatoms. The summed E-state index contributed by atoms with van der Waals surface area (Å²) in [6, 6.07) is 4.95. The van der Waals surface area contributed by atoms with Crippen molar-refractivity contribution in [3.05, 3.63) is 28.2 Å². The average molecular weight is 365 g/mol. The SMILES string of the molecule is CC1CN(c2ccc(Br)c(C(F)(F)F)c2)C(C(C)C)CN1. The number of rotatable bonds is 2. The number of hydrogen-bond donors (Lipinski definition) is 1. The Balaban J connectivity index is 2.39. The Morgan fingerprint density at radius 3 is 2.57 bits per heavy atom. The van der Waals surface area contributed by atoms with Gasteiger partial charge in [-0.3, -0.25) is 0 Å². The summed E-state index contributed by atoms with van der Waals surface area (Å²) >= 11 is 3.00. The van der Waals surface area contributed by atoms with Gasteiger partial charge in [0.2, 0.25) is 0 Å². The Bertz CT molecular complexity index is 502. The van der Waals surface area contributed by atoms with Crippen molar-refractivity contribution in [3.63, 3.8) is 0 Å². The normalized spacial score (nSPS) is 23.7. The van der Waals surface area contributed by atoms with Crippen LogP contribution in [0.15, 0.2) is 22.7 Å². The molecule has 118 valence electrons. The van der Waals surface area contributed by atoms with Gasteiger partial charge in [0.15, 0.2) is 0 Å². The highest BCUT2D eigenvalue weighted by molar-refractivity contribution is 9.10. The molecule has 2 rings (SSSR count). The minimum Gasteiger partial charge on any atom is -0.365 e. The molecule has 1 N–H and O–H groups in total.